The number of nitrogens with zero attached hydrogens (tertiary/aromatic N) is 3. The van der Waals surface area contributed by atoms with Crippen LogP contribution in [-0.2, 0) is 4.79 Å². The van der Waals surface area contributed by atoms with E-state index in [4.69, 9.17) is 0 Å². The van der Waals surface area contributed by atoms with Gasteiger partial charge >= 0.3 is 12.1 Å². The fourth-order valence-electron chi connectivity index (χ4n) is 6.04. The number of hydrogen-bond donors (Lipinski definition) is 1. The van der Waals surface area contributed by atoms with Gasteiger partial charge in [0.1, 0.15) is 6.04 Å². The molecular formula is C28H22N4O3. The van der Waals surface area contributed by atoms with Crippen LogP contribution in [0.1, 0.15) is 6.42 Å². The molecule has 0 aromatic heterocycles. The zero-order valence-electron chi connectivity index (χ0n) is 18.8. The maximum absolute atomic E-state index is 13.6. The molecule has 1 N–H and O–H groups in total. The monoisotopic (exact) mass is 462 g/mol. The van der Waals surface area contributed by atoms with Crippen LogP contribution in [0.3, 0.4) is 0 Å². The van der Waals surface area contributed by atoms with Crippen LogP contribution in [0.15, 0.2) is 84.9 Å². The lowest BCUT2D eigenvalue weighted by Crippen LogP contribution is -2.55. The van der Waals surface area contributed by atoms with Crippen molar-refractivity contribution in [1.29, 1.82) is 0 Å². The second kappa shape index (κ2) is 7.30. The third-order valence-corrected chi connectivity index (χ3v) is 7.56. The molecule has 0 saturated carbocycles. The minimum absolute atomic E-state index is 0.167. The first kappa shape index (κ1) is 20.0. The Labute approximate surface area is 201 Å². The predicted molar refractivity (Wildman–Crippen MR) is 134 cm³/mol. The highest BCUT2D eigenvalue weighted by Gasteiger charge is 2.63. The summed E-state index contributed by atoms with van der Waals surface area (Å²) in [6.07, 6.45) is 0.620. The van der Waals surface area contributed by atoms with Gasteiger partial charge in [0.2, 0.25) is 0 Å². The Morgan fingerprint density at radius 3 is 2.26 bits per heavy atom. The summed E-state index contributed by atoms with van der Waals surface area (Å²) >= 11 is 0. The molecule has 0 aliphatic carbocycles. The van der Waals surface area contributed by atoms with Crippen LogP contribution >= 0.6 is 0 Å². The highest BCUT2D eigenvalue weighted by molar-refractivity contribution is 6.25. The van der Waals surface area contributed by atoms with Crippen LogP contribution in [0.25, 0.3) is 21.5 Å². The molecule has 2 bridgehead atoms. The van der Waals surface area contributed by atoms with Crippen molar-refractivity contribution in [3.63, 3.8) is 0 Å². The number of urea groups is 2. The van der Waals surface area contributed by atoms with Crippen molar-refractivity contribution in [3.8, 4) is 0 Å². The van der Waals surface area contributed by atoms with Gasteiger partial charge < -0.3 is 15.1 Å². The Bertz CT molecular complexity index is 1540. The van der Waals surface area contributed by atoms with Crippen molar-refractivity contribution in [2.75, 3.05) is 16.8 Å². The minimum Gasteiger partial charge on any atom is -0.317 e. The molecule has 35 heavy (non-hydrogen) atoms. The largest absolute Gasteiger partial charge is 0.332 e. The number of nitrogens with one attached hydrogen (secondary N) is 1. The summed E-state index contributed by atoms with van der Waals surface area (Å²) in [5.41, 5.74) is 1.33. The van der Waals surface area contributed by atoms with Crippen LogP contribution in [0.4, 0.5) is 21.0 Å². The van der Waals surface area contributed by atoms with E-state index in [1.807, 2.05) is 84.9 Å². The van der Waals surface area contributed by atoms with Crippen molar-refractivity contribution >= 4 is 50.9 Å². The van der Waals surface area contributed by atoms with E-state index >= 15 is 0 Å². The maximum atomic E-state index is 13.6. The van der Waals surface area contributed by atoms with Gasteiger partial charge in [-0.15, -0.1) is 0 Å². The normalized spacial score (nSPS) is 23.0. The Balaban J connectivity index is 1.19. The molecule has 4 aromatic carbocycles. The lowest BCUT2D eigenvalue weighted by molar-refractivity contribution is -0.120. The topological polar surface area (TPSA) is 73.0 Å². The van der Waals surface area contributed by atoms with Crippen LogP contribution in [-0.4, -0.2) is 52.4 Å². The zero-order chi connectivity index (χ0) is 23.7. The summed E-state index contributed by atoms with van der Waals surface area (Å²) in [6.45, 7) is 0.417. The highest BCUT2D eigenvalue weighted by Crippen LogP contribution is 2.43. The zero-order valence-corrected chi connectivity index (χ0v) is 18.8. The number of likely N-dealkylation sites (tertiary alicyclic amines) is 1. The summed E-state index contributed by atoms with van der Waals surface area (Å²) in [7, 11) is 0. The van der Waals surface area contributed by atoms with Crippen LogP contribution in [0, 0.1) is 0 Å². The number of imide groups is 1. The number of fused-ring (bicyclic) bond motifs is 7. The summed E-state index contributed by atoms with van der Waals surface area (Å²) in [4.78, 5) is 45.2. The standard InChI is InChI=1S/C28H22N4O3/c33-26-25-24-15-19(16-30(24)27(34)29-22-13-5-9-17-7-1-3-11-20(17)22)31(25)28(35)32(26)23-14-6-10-18-8-2-4-12-21(18)23/h1-14,19,24-25H,15-16H2,(H,29,34)/t19-,24?,25+/m1/s1. The first-order valence-electron chi connectivity index (χ1n) is 11.8. The lowest BCUT2D eigenvalue weighted by atomic mass is 10.1. The molecular weight excluding hydrogens is 440 g/mol. The van der Waals surface area contributed by atoms with Gasteiger partial charge in [0.25, 0.3) is 5.91 Å². The van der Waals surface area contributed by atoms with Gasteiger partial charge in [0.05, 0.1) is 23.5 Å². The fourth-order valence-corrected chi connectivity index (χ4v) is 6.04. The van der Waals surface area contributed by atoms with E-state index in [9.17, 15) is 14.4 Å². The van der Waals surface area contributed by atoms with Gasteiger partial charge in [0.15, 0.2) is 0 Å². The summed E-state index contributed by atoms with van der Waals surface area (Å²) in [5, 5.41) is 6.87. The SMILES string of the molecule is O=C1[C@@H]2C3C[C@H](CN3C(=O)Nc3cccc4ccccc34)N2C(=O)N1c1cccc2ccccc12. The second-order valence-electron chi connectivity index (χ2n) is 9.37. The van der Waals surface area contributed by atoms with Crippen LogP contribution in [0.5, 0.6) is 0 Å². The molecule has 3 aliphatic rings. The summed E-state index contributed by atoms with van der Waals surface area (Å²) in [6, 6.07) is 25.4. The average molecular weight is 463 g/mol. The van der Waals surface area contributed by atoms with Crippen LogP contribution < -0.4 is 10.2 Å². The van der Waals surface area contributed by atoms with E-state index < -0.39 is 6.04 Å². The molecule has 7 heteroatoms. The van der Waals surface area contributed by atoms with Crippen molar-refractivity contribution in [3.05, 3.63) is 84.9 Å². The van der Waals surface area contributed by atoms with Crippen molar-refractivity contribution in [2.45, 2.75) is 24.5 Å². The molecule has 0 radical (unpaired) electrons. The Morgan fingerprint density at radius 1 is 0.800 bits per heavy atom. The molecule has 3 aliphatic heterocycles. The van der Waals surface area contributed by atoms with E-state index in [1.165, 1.54) is 4.90 Å². The first-order chi connectivity index (χ1) is 17.1. The summed E-state index contributed by atoms with van der Waals surface area (Å²) in [5.74, 6) is -0.262. The van der Waals surface area contributed by atoms with Gasteiger partial charge in [-0.25, -0.2) is 14.5 Å². The smallest absolute Gasteiger partial charge is 0.317 e. The molecule has 3 heterocycles. The van der Waals surface area contributed by atoms with E-state index in [1.54, 1.807) is 9.80 Å². The summed E-state index contributed by atoms with van der Waals surface area (Å²) < 4.78 is 0. The Hall–Kier alpha value is -4.39. The number of piperazine rings is 1. The molecule has 0 spiro atoms. The molecule has 3 atom stereocenters. The molecule has 5 amide bonds. The van der Waals surface area contributed by atoms with Gasteiger partial charge in [-0.1, -0.05) is 72.8 Å². The Kier molecular flexibility index (Phi) is 4.18. The number of rotatable bonds is 2. The average Bonchev–Trinajstić information content (AvgIpc) is 3.55. The second-order valence-corrected chi connectivity index (χ2v) is 9.37. The Morgan fingerprint density at radius 2 is 1.46 bits per heavy atom. The molecule has 3 fully saturated rings. The number of carbonyl (C=O) groups excluding carboxylic acids is 3. The third-order valence-electron chi connectivity index (χ3n) is 7.56. The molecule has 172 valence electrons. The van der Waals surface area contributed by atoms with Gasteiger partial charge in [-0.05, 0) is 29.3 Å². The number of amides is 5. The molecule has 3 saturated heterocycles. The van der Waals surface area contributed by atoms with Crippen molar-refractivity contribution in [1.82, 2.24) is 9.80 Å². The van der Waals surface area contributed by atoms with Crippen molar-refractivity contribution in [2.24, 2.45) is 0 Å². The first-order valence-corrected chi connectivity index (χ1v) is 11.8. The van der Waals surface area contributed by atoms with E-state index in [0.29, 0.717) is 18.7 Å². The van der Waals surface area contributed by atoms with Crippen LogP contribution in [0.2, 0.25) is 0 Å². The van der Waals surface area contributed by atoms with Gasteiger partial charge in [-0.2, -0.15) is 0 Å². The van der Waals surface area contributed by atoms with E-state index in [0.717, 1.165) is 27.2 Å². The highest BCUT2D eigenvalue weighted by atomic mass is 16.2. The van der Waals surface area contributed by atoms with Gasteiger partial charge in [-0.3, -0.25) is 4.79 Å². The maximum Gasteiger partial charge on any atom is 0.332 e. The van der Waals surface area contributed by atoms with E-state index in [-0.39, 0.29) is 30.1 Å². The molecule has 7 rings (SSSR count). The van der Waals surface area contributed by atoms with Gasteiger partial charge in [0, 0.05) is 17.3 Å². The lowest BCUT2D eigenvalue weighted by Gasteiger charge is -2.34. The number of benzene rings is 4. The number of anilines is 2. The van der Waals surface area contributed by atoms with Crippen molar-refractivity contribution < 1.29 is 14.4 Å². The molecule has 4 aromatic rings. The minimum atomic E-state index is -0.654. The molecule has 1 unspecified atom stereocenters. The third kappa shape index (κ3) is 2.81. The quantitative estimate of drug-likeness (QED) is 0.434. The number of hydrogen-bond acceptors (Lipinski definition) is 3. The number of carbonyl (C=O) groups is 3. The fraction of sp³-hybridized carbons (Fsp3) is 0.179. The molecule has 7 nitrogen and oxygen atoms in total. The predicted octanol–water partition coefficient (Wildman–Crippen LogP) is 4.82. The van der Waals surface area contributed by atoms with E-state index in [2.05, 4.69) is 5.32 Å².